The molecule has 22 heavy (non-hydrogen) atoms. The van der Waals surface area contributed by atoms with Crippen LogP contribution in [0.5, 0.6) is 5.75 Å². The van der Waals surface area contributed by atoms with Crippen molar-refractivity contribution in [2.24, 2.45) is 0 Å². The van der Waals surface area contributed by atoms with Gasteiger partial charge in [-0.3, -0.25) is 4.90 Å². The lowest BCUT2D eigenvalue weighted by Crippen LogP contribution is -2.48. The Kier molecular flexibility index (Phi) is 6.64. The first-order chi connectivity index (χ1) is 10.7. The van der Waals surface area contributed by atoms with E-state index in [-0.39, 0.29) is 6.04 Å². The zero-order valence-electron chi connectivity index (χ0n) is 13.7. The smallest absolute Gasteiger partial charge is 0.128 e. The minimum atomic E-state index is -0.552. The number of methoxy groups -OCH3 is 2. The lowest BCUT2D eigenvalue weighted by atomic mass is 9.94. The summed E-state index contributed by atoms with van der Waals surface area (Å²) >= 11 is 0. The van der Waals surface area contributed by atoms with Crippen molar-refractivity contribution in [2.75, 3.05) is 47.1 Å². The summed E-state index contributed by atoms with van der Waals surface area (Å²) in [5.41, 5.74) is 2.03. The third kappa shape index (κ3) is 3.79. The Balaban J connectivity index is 2.17. The number of aliphatic hydroxyl groups excluding tert-OH is 1. The minimum Gasteiger partial charge on any atom is -0.491 e. The van der Waals surface area contributed by atoms with Crippen LogP contribution in [-0.2, 0) is 15.9 Å². The Labute approximate surface area is 132 Å². The van der Waals surface area contributed by atoms with E-state index in [9.17, 15) is 5.11 Å². The Morgan fingerprint density at radius 2 is 1.91 bits per heavy atom. The molecule has 0 aliphatic carbocycles. The van der Waals surface area contributed by atoms with Crippen LogP contribution in [0.4, 0.5) is 0 Å². The molecule has 2 atom stereocenters. The number of nitrogens with zero attached hydrogens (tertiary/aromatic N) is 1. The van der Waals surface area contributed by atoms with Gasteiger partial charge in [-0.1, -0.05) is 25.1 Å². The summed E-state index contributed by atoms with van der Waals surface area (Å²) in [7, 11) is 3.37. The van der Waals surface area contributed by atoms with Gasteiger partial charge in [-0.2, -0.15) is 0 Å². The predicted octanol–water partition coefficient (Wildman–Crippen LogP) is 1.64. The van der Waals surface area contributed by atoms with Gasteiger partial charge in [0.1, 0.15) is 18.5 Å². The lowest BCUT2D eigenvalue weighted by molar-refractivity contribution is -0.0149. The molecule has 0 amide bonds. The molecular weight excluding hydrogens is 282 g/mol. The van der Waals surface area contributed by atoms with E-state index < -0.39 is 6.10 Å². The minimum absolute atomic E-state index is 0.0788. The van der Waals surface area contributed by atoms with Gasteiger partial charge in [0.2, 0.25) is 0 Å². The molecule has 0 radical (unpaired) electrons. The highest BCUT2D eigenvalue weighted by atomic mass is 16.5. The van der Waals surface area contributed by atoms with Crippen molar-refractivity contribution < 1.29 is 19.3 Å². The standard InChI is InChI=1S/C17H27NO4/c1-4-13-6-5-7-14-16(19)15(12-22-17(13)14)18(8-10-20-2)9-11-21-3/h5-7,15-16,19H,4,8-12H2,1-3H3. The molecule has 0 saturated heterocycles. The van der Waals surface area contributed by atoms with Gasteiger partial charge in [0, 0.05) is 32.9 Å². The van der Waals surface area contributed by atoms with Gasteiger partial charge in [0.05, 0.1) is 19.3 Å². The van der Waals surface area contributed by atoms with Gasteiger partial charge in [-0.05, 0) is 12.0 Å². The van der Waals surface area contributed by atoms with Crippen molar-refractivity contribution >= 4 is 0 Å². The maximum atomic E-state index is 10.8. The zero-order chi connectivity index (χ0) is 15.9. The number of benzene rings is 1. The molecule has 1 heterocycles. The summed E-state index contributed by atoms with van der Waals surface area (Å²) in [6, 6.07) is 5.92. The Hall–Kier alpha value is -1.14. The summed E-state index contributed by atoms with van der Waals surface area (Å²) in [5, 5.41) is 10.8. The van der Waals surface area contributed by atoms with E-state index in [1.807, 2.05) is 12.1 Å². The molecule has 1 aliphatic rings. The monoisotopic (exact) mass is 309 g/mol. The first-order valence-electron chi connectivity index (χ1n) is 7.87. The summed E-state index contributed by atoms with van der Waals surface area (Å²) in [6.45, 7) is 5.31. The molecule has 2 unspecified atom stereocenters. The second kappa shape index (κ2) is 8.48. The van der Waals surface area contributed by atoms with Gasteiger partial charge < -0.3 is 19.3 Å². The summed E-state index contributed by atoms with van der Waals surface area (Å²) in [6.07, 6.45) is 0.349. The van der Waals surface area contributed by atoms with Crippen LogP contribution in [0.1, 0.15) is 24.2 Å². The van der Waals surface area contributed by atoms with Crippen LogP contribution in [0.15, 0.2) is 18.2 Å². The maximum absolute atomic E-state index is 10.8. The molecule has 0 aromatic heterocycles. The van der Waals surface area contributed by atoms with Gasteiger partial charge in [-0.25, -0.2) is 0 Å². The third-order valence-electron chi connectivity index (χ3n) is 4.22. The van der Waals surface area contributed by atoms with Crippen LogP contribution in [-0.4, -0.2) is 63.2 Å². The second-order valence-corrected chi connectivity index (χ2v) is 5.53. The van der Waals surface area contributed by atoms with Crippen LogP contribution in [0.25, 0.3) is 0 Å². The predicted molar refractivity (Wildman–Crippen MR) is 85.4 cm³/mol. The summed E-state index contributed by atoms with van der Waals surface area (Å²) in [5.74, 6) is 0.854. The molecule has 5 nitrogen and oxygen atoms in total. The van der Waals surface area contributed by atoms with Crippen molar-refractivity contribution in [3.8, 4) is 5.75 Å². The SMILES string of the molecule is CCc1cccc2c1OCC(N(CCOC)CCOC)C2O. The van der Waals surface area contributed by atoms with Crippen molar-refractivity contribution in [1.29, 1.82) is 0 Å². The number of aryl methyl sites for hydroxylation is 1. The Bertz CT molecular complexity index is 458. The van der Waals surface area contributed by atoms with Crippen molar-refractivity contribution in [1.82, 2.24) is 4.90 Å². The molecule has 1 aromatic carbocycles. The quantitative estimate of drug-likeness (QED) is 0.791. The van der Waals surface area contributed by atoms with Crippen LogP contribution >= 0.6 is 0 Å². The van der Waals surface area contributed by atoms with Gasteiger partial charge >= 0.3 is 0 Å². The molecule has 0 fully saturated rings. The largest absolute Gasteiger partial charge is 0.491 e. The molecule has 2 rings (SSSR count). The van der Waals surface area contributed by atoms with Gasteiger partial charge in [-0.15, -0.1) is 0 Å². The fourth-order valence-corrected chi connectivity index (χ4v) is 2.92. The Morgan fingerprint density at radius 3 is 2.50 bits per heavy atom. The van der Waals surface area contributed by atoms with Gasteiger partial charge in [0.25, 0.3) is 0 Å². The number of hydrogen-bond donors (Lipinski definition) is 1. The van der Waals surface area contributed by atoms with Crippen LogP contribution in [0, 0.1) is 0 Å². The second-order valence-electron chi connectivity index (χ2n) is 5.53. The number of para-hydroxylation sites is 1. The van der Waals surface area contributed by atoms with Crippen molar-refractivity contribution in [3.63, 3.8) is 0 Å². The first-order valence-corrected chi connectivity index (χ1v) is 7.87. The van der Waals surface area contributed by atoms with E-state index >= 15 is 0 Å². The molecule has 124 valence electrons. The zero-order valence-corrected chi connectivity index (χ0v) is 13.7. The van der Waals surface area contributed by atoms with E-state index in [2.05, 4.69) is 17.9 Å². The first kappa shape index (κ1) is 17.2. The maximum Gasteiger partial charge on any atom is 0.128 e. The molecule has 0 saturated carbocycles. The highest BCUT2D eigenvalue weighted by Gasteiger charge is 2.34. The molecule has 0 bridgehead atoms. The average Bonchev–Trinajstić information content (AvgIpc) is 2.55. The van der Waals surface area contributed by atoms with E-state index in [4.69, 9.17) is 14.2 Å². The summed E-state index contributed by atoms with van der Waals surface area (Å²) in [4.78, 5) is 2.18. The van der Waals surface area contributed by atoms with Crippen LogP contribution < -0.4 is 4.74 Å². The number of rotatable bonds is 8. The van der Waals surface area contributed by atoms with Crippen molar-refractivity contribution in [3.05, 3.63) is 29.3 Å². The topological polar surface area (TPSA) is 51.2 Å². The highest BCUT2D eigenvalue weighted by Crippen LogP contribution is 2.36. The van der Waals surface area contributed by atoms with Crippen LogP contribution in [0.3, 0.4) is 0 Å². The number of ether oxygens (including phenoxy) is 3. The molecular formula is C17H27NO4. The number of fused-ring (bicyclic) bond motifs is 1. The van der Waals surface area contributed by atoms with E-state index in [1.165, 1.54) is 0 Å². The van der Waals surface area contributed by atoms with E-state index in [1.54, 1.807) is 14.2 Å². The summed E-state index contributed by atoms with van der Waals surface area (Å²) < 4.78 is 16.3. The fourth-order valence-electron chi connectivity index (χ4n) is 2.92. The molecule has 1 N–H and O–H groups in total. The highest BCUT2D eigenvalue weighted by molar-refractivity contribution is 5.44. The average molecular weight is 309 g/mol. The van der Waals surface area contributed by atoms with E-state index in [0.29, 0.717) is 19.8 Å². The lowest BCUT2D eigenvalue weighted by Gasteiger charge is -2.38. The van der Waals surface area contributed by atoms with E-state index in [0.717, 1.165) is 36.4 Å². The normalized spacial score (nSPS) is 20.8. The molecule has 0 spiro atoms. The third-order valence-corrected chi connectivity index (χ3v) is 4.22. The Morgan fingerprint density at radius 1 is 1.23 bits per heavy atom. The number of aliphatic hydroxyl groups is 1. The molecule has 5 heteroatoms. The van der Waals surface area contributed by atoms with Crippen LogP contribution in [0.2, 0.25) is 0 Å². The number of hydrogen-bond acceptors (Lipinski definition) is 5. The molecule has 1 aliphatic heterocycles. The fraction of sp³-hybridized carbons (Fsp3) is 0.647. The van der Waals surface area contributed by atoms with Gasteiger partial charge in [0.15, 0.2) is 0 Å². The van der Waals surface area contributed by atoms with Crippen molar-refractivity contribution in [2.45, 2.75) is 25.5 Å². The molecule has 1 aromatic rings.